The maximum atomic E-state index is 12.5. The Morgan fingerprint density at radius 2 is 1.68 bits per heavy atom. The second kappa shape index (κ2) is 13.0. The number of benzene rings is 3. The van der Waals surface area contributed by atoms with Gasteiger partial charge in [-0.15, -0.1) is 24.5 Å². The lowest BCUT2D eigenvalue weighted by Crippen LogP contribution is -2.26. The number of hydrogen-bond acceptors (Lipinski definition) is 6. The van der Waals surface area contributed by atoms with E-state index in [1.807, 2.05) is 29.6 Å². The van der Waals surface area contributed by atoms with Crippen LogP contribution in [0, 0.1) is 0 Å². The van der Waals surface area contributed by atoms with E-state index in [2.05, 4.69) is 14.8 Å². The highest BCUT2D eigenvalue weighted by Gasteiger charge is 2.31. The lowest BCUT2D eigenvalue weighted by atomic mass is 9.92. The van der Waals surface area contributed by atoms with Crippen LogP contribution in [0.5, 0.6) is 5.75 Å². The lowest BCUT2D eigenvalue weighted by molar-refractivity contribution is -0.274. The van der Waals surface area contributed by atoms with Gasteiger partial charge in [0.2, 0.25) is 0 Å². The van der Waals surface area contributed by atoms with E-state index in [0.717, 1.165) is 16.1 Å². The summed E-state index contributed by atoms with van der Waals surface area (Å²) in [6, 6.07) is 20.2. The van der Waals surface area contributed by atoms with Crippen molar-refractivity contribution in [1.29, 1.82) is 0 Å². The van der Waals surface area contributed by atoms with Crippen molar-refractivity contribution in [3.63, 3.8) is 0 Å². The number of carbonyl (C=O) groups is 2. The SMILES string of the molecule is COC(=O)CCNC(=O)c1ccc(CC(c2ccc(Cl)cc2)c2nc(-c3ccc(OC(F)(F)F)cc3)cs2)cc1. The molecule has 0 saturated heterocycles. The summed E-state index contributed by atoms with van der Waals surface area (Å²) < 4.78 is 46.0. The Morgan fingerprint density at radius 3 is 2.30 bits per heavy atom. The third kappa shape index (κ3) is 8.06. The molecular formula is C29H24ClF3N2O4S. The average molecular weight is 589 g/mol. The molecule has 1 amide bonds. The highest BCUT2D eigenvalue weighted by molar-refractivity contribution is 7.10. The molecule has 1 N–H and O–H groups in total. The number of nitrogens with zero attached hydrogens (tertiary/aromatic N) is 1. The van der Waals surface area contributed by atoms with Gasteiger partial charge in [0.1, 0.15) is 10.8 Å². The van der Waals surface area contributed by atoms with E-state index in [0.29, 0.717) is 28.3 Å². The van der Waals surface area contributed by atoms with E-state index in [9.17, 15) is 22.8 Å². The molecule has 0 spiro atoms. The molecule has 0 fully saturated rings. The number of halogens is 4. The molecule has 1 unspecified atom stereocenters. The minimum absolute atomic E-state index is 0.0877. The molecular weight excluding hydrogens is 565 g/mol. The number of aromatic nitrogens is 1. The molecule has 6 nitrogen and oxygen atoms in total. The fourth-order valence-electron chi connectivity index (χ4n) is 3.96. The fraction of sp³-hybridized carbons (Fsp3) is 0.207. The molecule has 0 aliphatic carbocycles. The summed E-state index contributed by atoms with van der Waals surface area (Å²) in [6.07, 6.45) is -4.09. The van der Waals surface area contributed by atoms with Crippen LogP contribution in [0.15, 0.2) is 78.2 Å². The van der Waals surface area contributed by atoms with Crippen LogP contribution >= 0.6 is 22.9 Å². The molecule has 11 heteroatoms. The van der Waals surface area contributed by atoms with E-state index in [4.69, 9.17) is 16.6 Å². The largest absolute Gasteiger partial charge is 0.573 e. The Kier molecular flexibility index (Phi) is 9.44. The van der Waals surface area contributed by atoms with E-state index < -0.39 is 12.3 Å². The first-order valence-electron chi connectivity index (χ1n) is 12.1. The molecule has 0 saturated carbocycles. The molecule has 0 aliphatic rings. The topological polar surface area (TPSA) is 77.5 Å². The normalized spacial score (nSPS) is 12.0. The average Bonchev–Trinajstić information content (AvgIpc) is 3.42. The monoisotopic (exact) mass is 588 g/mol. The summed E-state index contributed by atoms with van der Waals surface area (Å²) >= 11 is 7.56. The molecule has 0 bridgehead atoms. The molecule has 4 rings (SSSR count). The molecule has 0 aliphatic heterocycles. The summed E-state index contributed by atoms with van der Waals surface area (Å²) in [6.45, 7) is 0.177. The zero-order valence-electron chi connectivity index (χ0n) is 21.2. The van der Waals surface area contributed by atoms with Crippen LogP contribution in [-0.2, 0) is 16.0 Å². The van der Waals surface area contributed by atoms with Gasteiger partial charge in [-0.1, -0.05) is 35.9 Å². The first-order valence-corrected chi connectivity index (χ1v) is 13.4. The molecule has 208 valence electrons. The number of methoxy groups -OCH3 is 1. The van der Waals surface area contributed by atoms with Gasteiger partial charge in [0.05, 0.1) is 19.2 Å². The summed E-state index contributed by atoms with van der Waals surface area (Å²) in [5.74, 6) is -1.13. The molecule has 1 heterocycles. The minimum Gasteiger partial charge on any atom is -0.469 e. The summed E-state index contributed by atoms with van der Waals surface area (Å²) in [7, 11) is 1.29. The maximum Gasteiger partial charge on any atom is 0.573 e. The van der Waals surface area contributed by atoms with E-state index in [1.54, 1.807) is 24.3 Å². The number of rotatable bonds is 10. The Hall–Kier alpha value is -3.89. The van der Waals surface area contributed by atoms with Crippen LogP contribution in [0.25, 0.3) is 11.3 Å². The van der Waals surface area contributed by atoms with Gasteiger partial charge in [-0.3, -0.25) is 9.59 Å². The number of carbonyl (C=O) groups excluding carboxylic acids is 2. The number of thiazole rings is 1. The Morgan fingerprint density at radius 1 is 1.00 bits per heavy atom. The Balaban J connectivity index is 1.52. The van der Waals surface area contributed by atoms with E-state index in [1.165, 1.54) is 42.7 Å². The number of amides is 1. The molecule has 0 radical (unpaired) electrons. The highest BCUT2D eigenvalue weighted by Crippen LogP contribution is 2.35. The fourth-order valence-corrected chi connectivity index (χ4v) is 5.04. The molecule has 4 aromatic rings. The van der Waals surface area contributed by atoms with E-state index in [-0.39, 0.29) is 30.5 Å². The Labute approximate surface area is 237 Å². The highest BCUT2D eigenvalue weighted by atomic mass is 35.5. The minimum atomic E-state index is -4.76. The summed E-state index contributed by atoms with van der Waals surface area (Å²) in [4.78, 5) is 28.4. The van der Waals surface area contributed by atoms with Crippen LogP contribution in [-0.4, -0.2) is 36.9 Å². The van der Waals surface area contributed by atoms with Crippen LogP contribution in [0.1, 0.15) is 38.8 Å². The first-order chi connectivity index (χ1) is 19.1. The van der Waals surface area contributed by atoms with Gasteiger partial charge in [0.25, 0.3) is 5.91 Å². The molecule has 3 aromatic carbocycles. The quantitative estimate of drug-likeness (QED) is 0.201. The van der Waals surface area contributed by atoms with Gasteiger partial charge in [0, 0.05) is 34.0 Å². The first kappa shape index (κ1) is 29.1. The van der Waals surface area contributed by atoms with Crippen molar-refractivity contribution in [1.82, 2.24) is 10.3 Å². The number of hydrogen-bond donors (Lipinski definition) is 1. The standard InChI is InChI=1S/C29H24ClF3N2O4S/c1-38-26(36)14-15-34-27(37)21-4-2-18(3-5-21)16-24(19-6-10-22(30)11-7-19)28-35-25(17-40-28)20-8-12-23(13-9-20)39-29(31,32)33/h2-13,17,24H,14-16H2,1H3,(H,34,37). The van der Waals surface area contributed by atoms with Gasteiger partial charge in [-0.2, -0.15) is 0 Å². The second-order valence-corrected chi connectivity index (χ2v) is 10.1. The second-order valence-electron chi connectivity index (χ2n) is 8.73. The van der Waals surface area contributed by atoms with Gasteiger partial charge in [-0.25, -0.2) is 4.98 Å². The number of esters is 1. The predicted molar refractivity (Wildman–Crippen MR) is 147 cm³/mol. The van der Waals surface area contributed by atoms with Crippen molar-refractivity contribution in [2.24, 2.45) is 0 Å². The smallest absolute Gasteiger partial charge is 0.469 e. The number of ether oxygens (including phenoxy) is 2. The zero-order chi connectivity index (χ0) is 28.7. The molecule has 1 aromatic heterocycles. The summed E-state index contributed by atoms with van der Waals surface area (Å²) in [5.41, 5.74) is 3.72. The van der Waals surface area contributed by atoms with Crippen LogP contribution in [0.2, 0.25) is 5.02 Å². The number of alkyl halides is 3. The van der Waals surface area contributed by atoms with Crippen molar-refractivity contribution in [2.75, 3.05) is 13.7 Å². The van der Waals surface area contributed by atoms with Crippen molar-refractivity contribution in [2.45, 2.75) is 25.1 Å². The maximum absolute atomic E-state index is 12.5. The van der Waals surface area contributed by atoms with Crippen molar-refractivity contribution in [3.8, 4) is 17.0 Å². The van der Waals surface area contributed by atoms with Crippen molar-refractivity contribution in [3.05, 3.63) is 105 Å². The van der Waals surface area contributed by atoms with Gasteiger partial charge in [0.15, 0.2) is 0 Å². The molecule has 40 heavy (non-hydrogen) atoms. The van der Waals surface area contributed by atoms with E-state index >= 15 is 0 Å². The third-order valence-electron chi connectivity index (χ3n) is 5.97. The Bertz CT molecular complexity index is 1440. The van der Waals surface area contributed by atoms with Crippen LogP contribution in [0.4, 0.5) is 13.2 Å². The van der Waals surface area contributed by atoms with Gasteiger partial charge >= 0.3 is 12.3 Å². The van der Waals surface area contributed by atoms with Crippen LogP contribution < -0.4 is 10.1 Å². The lowest BCUT2D eigenvalue weighted by Gasteiger charge is -2.16. The third-order valence-corrected chi connectivity index (χ3v) is 7.18. The van der Waals surface area contributed by atoms with Gasteiger partial charge < -0.3 is 14.8 Å². The van der Waals surface area contributed by atoms with Crippen LogP contribution in [0.3, 0.4) is 0 Å². The van der Waals surface area contributed by atoms with Gasteiger partial charge in [-0.05, 0) is 66.1 Å². The summed E-state index contributed by atoms with van der Waals surface area (Å²) in [5, 5.41) is 5.97. The molecule has 1 atom stereocenters. The number of nitrogens with one attached hydrogen (secondary N) is 1. The zero-order valence-corrected chi connectivity index (χ0v) is 22.8. The van der Waals surface area contributed by atoms with Crippen molar-refractivity contribution >= 4 is 34.8 Å². The van der Waals surface area contributed by atoms with Crippen molar-refractivity contribution < 1.29 is 32.2 Å². The predicted octanol–water partition coefficient (Wildman–Crippen LogP) is 7.03.